The lowest BCUT2D eigenvalue weighted by molar-refractivity contribution is -0.128. The maximum Gasteiger partial charge on any atom is 0.232 e. The maximum atomic E-state index is 11.9. The molecule has 4 nitrogen and oxygen atoms in total. The molecular weight excluding hydrogens is 266 g/mol. The first-order chi connectivity index (χ1) is 8.79. The van der Waals surface area contributed by atoms with Gasteiger partial charge in [-0.3, -0.25) is 9.69 Å². The van der Waals surface area contributed by atoms with Crippen LogP contribution in [0.4, 0.5) is 0 Å². The number of aromatic nitrogens is 1. The molecule has 2 rings (SSSR count). The average molecular weight is 285 g/mol. The molecule has 0 atom stereocenters. The van der Waals surface area contributed by atoms with Gasteiger partial charge in [-0.05, 0) is 12.7 Å². The number of hydrogen-bond acceptors (Lipinski definition) is 5. The highest BCUT2D eigenvalue weighted by Crippen LogP contribution is 2.10. The molecule has 0 bridgehead atoms. The smallest absolute Gasteiger partial charge is 0.232 e. The predicted octanol–water partition coefficient (Wildman–Crippen LogP) is 1.54. The summed E-state index contributed by atoms with van der Waals surface area (Å²) in [5, 5.41) is 2.10. The molecule has 0 spiro atoms. The van der Waals surface area contributed by atoms with E-state index in [2.05, 4.69) is 15.3 Å². The van der Waals surface area contributed by atoms with Crippen molar-refractivity contribution >= 4 is 29.0 Å². The predicted molar refractivity (Wildman–Crippen MR) is 77.0 cm³/mol. The third-order valence-corrected chi connectivity index (χ3v) is 4.25. The molecule has 0 unspecified atom stereocenters. The third kappa shape index (κ3) is 3.96. The van der Waals surface area contributed by atoms with Gasteiger partial charge in [0.2, 0.25) is 5.91 Å². The second kappa shape index (κ2) is 7.11. The summed E-state index contributed by atoms with van der Waals surface area (Å²) in [6.07, 6.45) is 3.04. The zero-order valence-corrected chi connectivity index (χ0v) is 12.3. The van der Waals surface area contributed by atoms with E-state index in [1.54, 1.807) is 23.1 Å². The summed E-state index contributed by atoms with van der Waals surface area (Å²) in [5.74, 6) is 0.879. The van der Waals surface area contributed by atoms with Crippen molar-refractivity contribution < 1.29 is 4.79 Å². The van der Waals surface area contributed by atoms with Crippen molar-refractivity contribution in [1.82, 2.24) is 14.8 Å². The summed E-state index contributed by atoms with van der Waals surface area (Å²) in [6.45, 7) is 4.67. The van der Waals surface area contributed by atoms with Gasteiger partial charge >= 0.3 is 0 Å². The first kappa shape index (κ1) is 13.8. The van der Waals surface area contributed by atoms with Crippen LogP contribution in [0, 0.1) is 0 Å². The van der Waals surface area contributed by atoms with Crippen molar-refractivity contribution in [1.29, 1.82) is 0 Å². The summed E-state index contributed by atoms with van der Waals surface area (Å²) < 4.78 is 0. The summed E-state index contributed by atoms with van der Waals surface area (Å²) in [6, 6.07) is 0. The van der Waals surface area contributed by atoms with Crippen molar-refractivity contribution in [2.45, 2.75) is 13.0 Å². The van der Waals surface area contributed by atoms with Crippen molar-refractivity contribution in [3.8, 4) is 0 Å². The van der Waals surface area contributed by atoms with Crippen LogP contribution in [0.3, 0.4) is 0 Å². The minimum absolute atomic E-state index is 0.276. The molecule has 1 aromatic heterocycles. The van der Waals surface area contributed by atoms with Crippen LogP contribution in [-0.4, -0.2) is 58.9 Å². The standard InChI is InChI=1S/C12H19N3OS2/c1-17-9-12(16)15-4-2-3-14(5-6-15)7-11-8-18-10-13-11/h8,10H,2-7,9H2,1H3. The largest absolute Gasteiger partial charge is 0.341 e. The zero-order valence-electron chi connectivity index (χ0n) is 10.7. The third-order valence-electron chi connectivity index (χ3n) is 3.08. The number of rotatable bonds is 4. The van der Waals surface area contributed by atoms with E-state index in [1.807, 2.05) is 16.7 Å². The number of carbonyl (C=O) groups excluding carboxylic acids is 1. The molecule has 100 valence electrons. The van der Waals surface area contributed by atoms with E-state index in [9.17, 15) is 4.79 Å². The highest BCUT2D eigenvalue weighted by atomic mass is 32.2. The molecule has 1 aliphatic rings. The second-order valence-electron chi connectivity index (χ2n) is 4.42. The van der Waals surface area contributed by atoms with Gasteiger partial charge in [0.1, 0.15) is 0 Å². The Hall–Kier alpha value is -0.590. The first-order valence-electron chi connectivity index (χ1n) is 6.15. The number of hydrogen-bond donors (Lipinski definition) is 0. The fraction of sp³-hybridized carbons (Fsp3) is 0.667. The van der Waals surface area contributed by atoms with Crippen LogP contribution >= 0.6 is 23.1 Å². The van der Waals surface area contributed by atoms with Gasteiger partial charge in [-0.1, -0.05) is 0 Å². The SMILES string of the molecule is CSCC(=O)N1CCCN(Cc2cscn2)CC1. The number of thioether (sulfide) groups is 1. The summed E-state index contributed by atoms with van der Waals surface area (Å²) in [7, 11) is 0. The van der Waals surface area contributed by atoms with Crippen LogP contribution in [-0.2, 0) is 11.3 Å². The van der Waals surface area contributed by atoms with E-state index in [4.69, 9.17) is 0 Å². The summed E-state index contributed by atoms with van der Waals surface area (Å²) >= 11 is 3.24. The Morgan fingerprint density at radius 1 is 1.44 bits per heavy atom. The highest BCUT2D eigenvalue weighted by molar-refractivity contribution is 7.99. The number of nitrogens with zero attached hydrogens (tertiary/aromatic N) is 3. The first-order valence-corrected chi connectivity index (χ1v) is 8.49. The fourth-order valence-electron chi connectivity index (χ4n) is 2.14. The van der Waals surface area contributed by atoms with E-state index in [-0.39, 0.29) is 5.91 Å². The lowest BCUT2D eigenvalue weighted by atomic mass is 10.3. The fourth-order valence-corrected chi connectivity index (χ4v) is 3.12. The van der Waals surface area contributed by atoms with Crippen LogP contribution in [0.5, 0.6) is 0 Å². The minimum atomic E-state index is 0.276. The Bertz CT molecular complexity index is 369. The summed E-state index contributed by atoms with van der Waals surface area (Å²) in [4.78, 5) is 20.6. The van der Waals surface area contributed by atoms with Gasteiger partial charge in [0.25, 0.3) is 0 Å². The van der Waals surface area contributed by atoms with Crippen molar-refractivity contribution in [2.75, 3.05) is 38.2 Å². The van der Waals surface area contributed by atoms with Crippen LogP contribution < -0.4 is 0 Å². The Kier molecular flexibility index (Phi) is 5.46. The van der Waals surface area contributed by atoms with Gasteiger partial charge in [-0.2, -0.15) is 11.8 Å². The van der Waals surface area contributed by atoms with Gasteiger partial charge < -0.3 is 4.90 Å². The zero-order chi connectivity index (χ0) is 12.8. The molecule has 0 saturated carbocycles. The normalized spacial score (nSPS) is 17.7. The Labute approximate surface area is 116 Å². The molecule has 6 heteroatoms. The molecule has 1 amide bonds. The molecule has 0 radical (unpaired) electrons. The molecule has 1 aromatic rings. The number of carbonyl (C=O) groups is 1. The molecule has 18 heavy (non-hydrogen) atoms. The maximum absolute atomic E-state index is 11.9. The molecular formula is C12H19N3OS2. The number of thiazole rings is 1. The number of amides is 1. The van der Waals surface area contributed by atoms with E-state index in [0.717, 1.165) is 44.8 Å². The monoisotopic (exact) mass is 285 g/mol. The lowest BCUT2D eigenvalue weighted by Gasteiger charge is -2.21. The van der Waals surface area contributed by atoms with Gasteiger partial charge in [0.15, 0.2) is 0 Å². The van der Waals surface area contributed by atoms with E-state index >= 15 is 0 Å². The molecule has 0 aromatic carbocycles. The van der Waals surface area contributed by atoms with Gasteiger partial charge in [-0.25, -0.2) is 4.98 Å². The minimum Gasteiger partial charge on any atom is -0.341 e. The highest BCUT2D eigenvalue weighted by Gasteiger charge is 2.18. The van der Waals surface area contributed by atoms with Crippen molar-refractivity contribution in [3.63, 3.8) is 0 Å². The van der Waals surface area contributed by atoms with Crippen molar-refractivity contribution in [3.05, 3.63) is 16.6 Å². The Balaban J connectivity index is 1.82. The van der Waals surface area contributed by atoms with Crippen LogP contribution in [0.1, 0.15) is 12.1 Å². The van der Waals surface area contributed by atoms with E-state index in [0.29, 0.717) is 5.75 Å². The molecule has 0 N–H and O–H groups in total. The molecule has 1 fully saturated rings. The van der Waals surface area contributed by atoms with Crippen molar-refractivity contribution in [2.24, 2.45) is 0 Å². The quantitative estimate of drug-likeness (QED) is 0.841. The molecule has 0 aliphatic carbocycles. The van der Waals surface area contributed by atoms with Gasteiger partial charge in [0.05, 0.1) is 17.0 Å². The van der Waals surface area contributed by atoms with Gasteiger partial charge in [0, 0.05) is 38.1 Å². The van der Waals surface area contributed by atoms with Crippen LogP contribution in [0.25, 0.3) is 0 Å². The summed E-state index contributed by atoms with van der Waals surface area (Å²) in [5.41, 5.74) is 3.02. The topological polar surface area (TPSA) is 36.4 Å². The van der Waals surface area contributed by atoms with Crippen LogP contribution in [0.15, 0.2) is 10.9 Å². The molecule has 2 heterocycles. The average Bonchev–Trinajstić information content (AvgIpc) is 2.74. The Morgan fingerprint density at radius 2 is 2.33 bits per heavy atom. The molecule has 1 aliphatic heterocycles. The Morgan fingerprint density at radius 3 is 3.06 bits per heavy atom. The van der Waals surface area contributed by atoms with E-state index < -0.39 is 0 Å². The second-order valence-corrected chi connectivity index (χ2v) is 6.01. The lowest BCUT2D eigenvalue weighted by Crippen LogP contribution is -2.36. The van der Waals surface area contributed by atoms with Gasteiger partial charge in [-0.15, -0.1) is 11.3 Å². The van der Waals surface area contributed by atoms with Crippen LogP contribution in [0.2, 0.25) is 0 Å². The molecule has 1 saturated heterocycles. The van der Waals surface area contributed by atoms with E-state index in [1.165, 1.54) is 0 Å².